The summed E-state index contributed by atoms with van der Waals surface area (Å²) >= 11 is 0. The number of esters is 3. The number of carbonyl (C=O) groups is 4. The molecule has 1 heterocycles. The van der Waals surface area contributed by atoms with Gasteiger partial charge in [-0.15, -0.1) is 0 Å². The number of hydrogen-bond donors (Lipinski definition) is 0. The van der Waals surface area contributed by atoms with E-state index in [1.54, 1.807) is 30.3 Å². The van der Waals surface area contributed by atoms with Crippen LogP contribution in [0.25, 0.3) is 11.1 Å². The van der Waals surface area contributed by atoms with Gasteiger partial charge in [-0.2, -0.15) is 0 Å². The highest BCUT2D eigenvalue weighted by Gasteiger charge is 2.47. The molecule has 0 unspecified atom stereocenters. The molecule has 0 radical (unpaired) electrons. The molecule has 36 heavy (non-hydrogen) atoms. The fourth-order valence-electron chi connectivity index (χ4n) is 5.53. The van der Waals surface area contributed by atoms with Crippen LogP contribution in [0.3, 0.4) is 0 Å². The van der Waals surface area contributed by atoms with Crippen LogP contribution in [-0.4, -0.2) is 31.3 Å². The number of fused-ring (bicyclic) bond motifs is 4. The predicted octanol–water partition coefficient (Wildman–Crippen LogP) is 4.96. The van der Waals surface area contributed by atoms with E-state index in [1.807, 2.05) is 54.6 Å². The minimum atomic E-state index is -0.930. The maximum absolute atomic E-state index is 12.5. The topological polar surface area (TPSA) is 86.7 Å². The van der Waals surface area contributed by atoms with Crippen molar-refractivity contribution in [3.05, 3.63) is 129 Å². The molecule has 2 aliphatic rings. The fraction of sp³-hybridized carbons (Fsp3) is 0.0667. The Bertz CT molecular complexity index is 1590. The van der Waals surface area contributed by atoms with Crippen LogP contribution in [0.2, 0.25) is 0 Å². The molecule has 0 atom stereocenters. The van der Waals surface area contributed by atoms with E-state index in [0.29, 0.717) is 6.29 Å². The first-order valence-electron chi connectivity index (χ1n) is 11.3. The number of benzene rings is 4. The van der Waals surface area contributed by atoms with Crippen LogP contribution in [-0.2, 0) is 14.9 Å². The van der Waals surface area contributed by atoms with E-state index in [2.05, 4.69) is 0 Å². The van der Waals surface area contributed by atoms with Crippen molar-refractivity contribution in [2.75, 3.05) is 7.11 Å². The molecule has 0 spiro atoms. The van der Waals surface area contributed by atoms with Crippen LogP contribution in [0.15, 0.2) is 84.9 Å². The van der Waals surface area contributed by atoms with Crippen molar-refractivity contribution in [1.29, 1.82) is 0 Å². The van der Waals surface area contributed by atoms with E-state index >= 15 is 0 Å². The Kier molecular flexibility index (Phi) is 4.73. The summed E-state index contributed by atoms with van der Waals surface area (Å²) in [7, 11) is 1.26. The molecule has 0 saturated carbocycles. The maximum Gasteiger partial charge on any atom is 0.346 e. The standard InChI is InChI=1S/C30H18O6/c1-35-27(32)20-12-10-18(14-17(20)16-31)30(19-11-13-23-24(15-19)29(34)36-28(23)33)25-8-4-2-6-21(25)22-7-3-5-9-26(22)30/h2-16H,1H3. The Hall–Kier alpha value is -4.84. The van der Waals surface area contributed by atoms with Crippen LogP contribution in [0.1, 0.15) is 63.7 Å². The van der Waals surface area contributed by atoms with E-state index < -0.39 is 23.3 Å². The molecule has 6 heteroatoms. The van der Waals surface area contributed by atoms with E-state index in [0.717, 1.165) is 33.4 Å². The zero-order valence-electron chi connectivity index (χ0n) is 19.1. The molecule has 0 fully saturated rings. The monoisotopic (exact) mass is 474 g/mol. The number of cyclic esters (lactones) is 2. The molecule has 0 N–H and O–H groups in total. The number of ether oxygens (including phenoxy) is 2. The van der Waals surface area contributed by atoms with E-state index in [4.69, 9.17) is 9.47 Å². The van der Waals surface area contributed by atoms with Gasteiger partial charge in [0, 0.05) is 5.56 Å². The first-order valence-corrected chi connectivity index (χ1v) is 11.3. The molecule has 0 bridgehead atoms. The Morgan fingerprint density at radius 1 is 0.750 bits per heavy atom. The summed E-state index contributed by atoms with van der Waals surface area (Å²) in [6.07, 6.45) is 0.634. The number of aldehydes is 1. The van der Waals surface area contributed by atoms with Crippen molar-refractivity contribution >= 4 is 24.2 Å². The van der Waals surface area contributed by atoms with Crippen LogP contribution < -0.4 is 0 Å². The predicted molar refractivity (Wildman–Crippen MR) is 130 cm³/mol. The molecule has 1 aliphatic carbocycles. The lowest BCUT2D eigenvalue weighted by Crippen LogP contribution is -2.29. The van der Waals surface area contributed by atoms with Gasteiger partial charge in [-0.25, -0.2) is 14.4 Å². The Balaban J connectivity index is 1.73. The highest BCUT2D eigenvalue weighted by molar-refractivity contribution is 6.15. The average Bonchev–Trinajstić information content (AvgIpc) is 3.39. The SMILES string of the molecule is COC(=O)c1ccc(C2(c3ccc4c(c3)C(=O)OC4=O)c3ccccc3-c3ccccc32)cc1C=O. The molecular weight excluding hydrogens is 456 g/mol. The maximum atomic E-state index is 12.5. The second kappa shape index (κ2) is 7.85. The highest BCUT2D eigenvalue weighted by Crippen LogP contribution is 2.56. The number of hydrogen-bond acceptors (Lipinski definition) is 6. The third-order valence-electron chi connectivity index (χ3n) is 7.05. The number of methoxy groups -OCH3 is 1. The van der Waals surface area contributed by atoms with Crippen molar-refractivity contribution in [3.8, 4) is 11.1 Å². The zero-order valence-corrected chi connectivity index (χ0v) is 19.1. The highest BCUT2D eigenvalue weighted by atomic mass is 16.6. The summed E-state index contributed by atoms with van der Waals surface area (Å²) in [6, 6.07) is 26.1. The van der Waals surface area contributed by atoms with Gasteiger partial charge in [0.15, 0.2) is 6.29 Å². The molecule has 0 aromatic heterocycles. The molecule has 174 valence electrons. The van der Waals surface area contributed by atoms with Gasteiger partial charge in [0.1, 0.15) is 0 Å². The van der Waals surface area contributed by atoms with Crippen LogP contribution in [0.5, 0.6) is 0 Å². The summed E-state index contributed by atoms with van der Waals surface area (Å²) in [5.74, 6) is -1.97. The van der Waals surface area contributed by atoms with Gasteiger partial charge in [0.05, 0.1) is 29.2 Å². The molecular formula is C30H18O6. The summed E-state index contributed by atoms with van der Waals surface area (Å²) in [4.78, 5) is 49.0. The van der Waals surface area contributed by atoms with Crippen molar-refractivity contribution in [1.82, 2.24) is 0 Å². The third-order valence-corrected chi connectivity index (χ3v) is 7.05. The van der Waals surface area contributed by atoms with Crippen LogP contribution in [0.4, 0.5) is 0 Å². The Labute approximate surface area is 206 Å². The fourth-order valence-corrected chi connectivity index (χ4v) is 5.53. The molecule has 1 aliphatic heterocycles. The summed E-state index contributed by atoms with van der Waals surface area (Å²) in [5, 5.41) is 0. The number of rotatable bonds is 4. The van der Waals surface area contributed by atoms with Gasteiger partial charge in [-0.1, -0.05) is 60.7 Å². The lowest BCUT2D eigenvalue weighted by molar-refractivity contribution is 0.0442. The van der Waals surface area contributed by atoms with Gasteiger partial charge >= 0.3 is 17.9 Å². The van der Waals surface area contributed by atoms with Crippen LogP contribution in [0, 0.1) is 0 Å². The van der Waals surface area contributed by atoms with Crippen molar-refractivity contribution < 1.29 is 28.7 Å². The largest absolute Gasteiger partial charge is 0.465 e. The Morgan fingerprint density at radius 3 is 1.97 bits per heavy atom. The summed E-state index contributed by atoms with van der Waals surface area (Å²) in [5.41, 5.74) is 5.21. The molecule has 0 amide bonds. The molecule has 4 aromatic carbocycles. The van der Waals surface area contributed by atoms with Crippen molar-refractivity contribution in [2.24, 2.45) is 0 Å². The average molecular weight is 474 g/mol. The van der Waals surface area contributed by atoms with E-state index in [9.17, 15) is 19.2 Å². The first kappa shape index (κ1) is 21.7. The molecule has 6 nitrogen and oxygen atoms in total. The third kappa shape index (κ3) is 2.78. The normalized spacial score (nSPS) is 14.5. The van der Waals surface area contributed by atoms with E-state index in [1.165, 1.54) is 7.11 Å². The first-order chi connectivity index (χ1) is 17.5. The zero-order chi connectivity index (χ0) is 25.0. The Morgan fingerprint density at radius 2 is 1.33 bits per heavy atom. The van der Waals surface area contributed by atoms with E-state index in [-0.39, 0.29) is 22.3 Å². The summed E-state index contributed by atoms with van der Waals surface area (Å²) in [6.45, 7) is 0. The van der Waals surface area contributed by atoms with Crippen molar-refractivity contribution in [2.45, 2.75) is 5.41 Å². The van der Waals surface area contributed by atoms with Gasteiger partial charge in [0.25, 0.3) is 0 Å². The lowest BCUT2D eigenvalue weighted by Gasteiger charge is -2.34. The minimum absolute atomic E-state index is 0.161. The summed E-state index contributed by atoms with van der Waals surface area (Å²) < 4.78 is 9.70. The second-order valence-corrected chi connectivity index (χ2v) is 8.69. The van der Waals surface area contributed by atoms with Gasteiger partial charge < -0.3 is 9.47 Å². The second-order valence-electron chi connectivity index (χ2n) is 8.69. The smallest absolute Gasteiger partial charge is 0.346 e. The number of carbonyl (C=O) groups excluding carboxylic acids is 4. The molecule has 6 rings (SSSR count). The van der Waals surface area contributed by atoms with Gasteiger partial charge in [-0.3, -0.25) is 4.79 Å². The molecule has 0 saturated heterocycles. The molecule has 4 aromatic rings. The van der Waals surface area contributed by atoms with Crippen LogP contribution >= 0.6 is 0 Å². The quantitative estimate of drug-likeness (QED) is 0.208. The van der Waals surface area contributed by atoms with Gasteiger partial charge in [0.2, 0.25) is 0 Å². The van der Waals surface area contributed by atoms with Crippen molar-refractivity contribution in [3.63, 3.8) is 0 Å². The minimum Gasteiger partial charge on any atom is -0.465 e. The lowest BCUT2D eigenvalue weighted by atomic mass is 9.67. The van der Waals surface area contributed by atoms with Gasteiger partial charge in [-0.05, 0) is 57.6 Å².